The molecule has 0 atom stereocenters. The summed E-state index contributed by atoms with van der Waals surface area (Å²) in [6.07, 6.45) is 0. The van der Waals surface area contributed by atoms with Crippen molar-refractivity contribution in [3.63, 3.8) is 0 Å². The summed E-state index contributed by atoms with van der Waals surface area (Å²) in [5.74, 6) is 0.933. The van der Waals surface area contributed by atoms with Crippen molar-refractivity contribution >= 4 is 17.3 Å². The minimum Gasteiger partial charge on any atom is -0.377 e. The van der Waals surface area contributed by atoms with Crippen LogP contribution in [0, 0.1) is 17.1 Å². The van der Waals surface area contributed by atoms with E-state index in [1.54, 1.807) is 26.3 Å². The highest BCUT2D eigenvalue weighted by Gasteiger charge is 2.10. The predicted octanol–water partition coefficient (Wildman–Crippen LogP) is 2.42. The quantitative estimate of drug-likeness (QED) is 0.878. The van der Waals surface area contributed by atoms with Crippen LogP contribution in [0.1, 0.15) is 11.4 Å². The van der Waals surface area contributed by atoms with Crippen molar-refractivity contribution in [2.75, 3.05) is 24.8 Å². The largest absolute Gasteiger partial charge is 0.377 e. The van der Waals surface area contributed by atoms with Crippen molar-refractivity contribution in [1.29, 1.82) is 5.26 Å². The van der Waals surface area contributed by atoms with Gasteiger partial charge in [0, 0.05) is 20.2 Å². The van der Waals surface area contributed by atoms with E-state index in [0.29, 0.717) is 23.1 Å². The fourth-order valence-electron chi connectivity index (χ4n) is 1.76. The van der Waals surface area contributed by atoms with Gasteiger partial charge < -0.3 is 15.4 Å². The van der Waals surface area contributed by atoms with E-state index in [9.17, 15) is 4.39 Å². The van der Waals surface area contributed by atoms with Crippen LogP contribution in [-0.2, 0) is 11.3 Å². The second kappa shape index (κ2) is 6.63. The van der Waals surface area contributed by atoms with Gasteiger partial charge in [-0.25, -0.2) is 14.4 Å². The van der Waals surface area contributed by atoms with Crippen molar-refractivity contribution in [2.45, 2.75) is 6.61 Å². The molecule has 6 nitrogen and oxygen atoms in total. The van der Waals surface area contributed by atoms with Crippen LogP contribution in [-0.4, -0.2) is 24.1 Å². The minimum atomic E-state index is -0.581. The molecule has 0 spiro atoms. The van der Waals surface area contributed by atoms with Crippen LogP contribution in [0.5, 0.6) is 0 Å². The molecule has 1 heterocycles. The number of anilines is 3. The highest BCUT2D eigenvalue weighted by atomic mass is 19.1. The number of nitrogens with one attached hydrogen (secondary N) is 2. The zero-order valence-electron chi connectivity index (χ0n) is 11.6. The Morgan fingerprint density at radius 2 is 2.10 bits per heavy atom. The Kier molecular flexibility index (Phi) is 4.64. The van der Waals surface area contributed by atoms with Crippen LogP contribution in [0.25, 0.3) is 0 Å². The molecule has 0 radical (unpaired) electrons. The third-order valence-electron chi connectivity index (χ3n) is 2.69. The van der Waals surface area contributed by atoms with Gasteiger partial charge in [-0.2, -0.15) is 5.26 Å². The van der Waals surface area contributed by atoms with Crippen molar-refractivity contribution in [3.8, 4) is 6.07 Å². The Balaban J connectivity index is 2.37. The van der Waals surface area contributed by atoms with Crippen molar-refractivity contribution in [3.05, 3.63) is 41.5 Å². The Morgan fingerprint density at radius 1 is 1.33 bits per heavy atom. The monoisotopic (exact) mass is 287 g/mol. The highest BCUT2D eigenvalue weighted by Crippen LogP contribution is 2.22. The molecule has 0 aliphatic rings. The maximum atomic E-state index is 13.6. The molecule has 0 fully saturated rings. The smallest absolute Gasteiger partial charge is 0.158 e. The molecule has 1 aromatic heterocycles. The number of halogens is 1. The molecule has 2 N–H and O–H groups in total. The highest BCUT2D eigenvalue weighted by molar-refractivity contribution is 5.66. The molecule has 0 saturated heterocycles. The molecule has 0 aliphatic heterocycles. The van der Waals surface area contributed by atoms with Gasteiger partial charge in [0.05, 0.1) is 5.69 Å². The molecule has 0 saturated carbocycles. The average molecular weight is 287 g/mol. The second-order valence-corrected chi connectivity index (χ2v) is 4.14. The van der Waals surface area contributed by atoms with E-state index in [2.05, 4.69) is 20.6 Å². The maximum Gasteiger partial charge on any atom is 0.158 e. The standard InChI is InChI=1S/C14H14FN5O/c1-17-12-6-13(20-14(19-12)8-21-2)18-11-5-3-4-10(15)9(11)7-16/h3-6H,8H2,1-2H3,(H2,17,18,19,20). The zero-order chi connectivity index (χ0) is 15.2. The lowest BCUT2D eigenvalue weighted by molar-refractivity contribution is 0.178. The number of rotatable bonds is 5. The van der Waals surface area contributed by atoms with Crippen LogP contribution >= 0.6 is 0 Å². The van der Waals surface area contributed by atoms with Gasteiger partial charge in [-0.3, -0.25) is 0 Å². The molecule has 0 amide bonds. The number of hydrogen-bond acceptors (Lipinski definition) is 6. The fraction of sp³-hybridized carbons (Fsp3) is 0.214. The first-order chi connectivity index (χ1) is 10.2. The first kappa shape index (κ1) is 14.7. The average Bonchev–Trinajstić information content (AvgIpc) is 2.47. The lowest BCUT2D eigenvalue weighted by Gasteiger charge is -2.11. The number of nitriles is 1. The van der Waals surface area contributed by atoms with Crippen LogP contribution in [0.2, 0.25) is 0 Å². The molecular weight excluding hydrogens is 273 g/mol. The summed E-state index contributed by atoms with van der Waals surface area (Å²) in [6, 6.07) is 7.86. The van der Waals surface area contributed by atoms with E-state index in [1.165, 1.54) is 12.1 Å². The van der Waals surface area contributed by atoms with E-state index in [0.717, 1.165) is 0 Å². The van der Waals surface area contributed by atoms with E-state index < -0.39 is 5.82 Å². The number of benzene rings is 1. The summed E-state index contributed by atoms with van der Waals surface area (Å²) in [5.41, 5.74) is 0.289. The lowest BCUT2D eigenvalue weighted by atomic mass is 10.2. The lowest BCUT2D eigenvalue weighted by Crippen LogP contribution is -2.05. The molecule has 21 heavy (non-hydrogen) atoms. The number of ether oxygens (including phenoxy) is 1. The summed E-state index contributed by atoms with van der Waals surface area (Å²) in [4.78, 5) is 8.47. The third kappa shape index (κ3) is 3.43. The summed E-state index contributed by atoms with van der Waals surface area (Å²) < 4.78 is 18.6. The molecule has 0 aliphatic carbocycles. The molecule has 2 aromatic rings. The Labute approximate surface area is 121 Å². The first-order valence-corrected chi connectivity index (χ1v) is 6.18. The number of methoxy groups -OCH3 is 1. The molecule has 2 rings (SSSR count). The van der Waals surface area contributed by atoms with E-state index in [-0.39, 0.29) is 12.2 Å². The maximum absolute atomic E-state index is 13.6. The zero-order valence-corrected chi connectivity index (χ0v) is 11.6. The Morgan fingerprint density at radius 3 is 2.76 bits per heavy atom. The van der Waals surface area contributed by atoms with E-state index in [4.69, 9.17) is 10.00 Å². The van der Waals surface area contributed by atoms with E-state index in [1.807, 2.05) is 6.07 Å². The number of aromatic nitrogens is 2. The molecule has 0 bridgehead atoms. The van der Waals surface area contributed by atoms with Gasteiger partial charge >= 0.3 is 0 Å². The molecular formula is C14H14FN5O. The predicted molar refractivity (Wildman–Crippen MR) is 76.7 cm³/mol. The van der Waals surface area contributed by atoms with Gasteiger partial charge in [-0.05, 0) is 12.1 Å². The Hall–Kier alpha value is -2.72. The van der Waals surface area contributed by atoms with Crippen LogP contribution in [0.15, 0.2) is 24.3 Å². The van der Waals surface area contributed by atoms with Gasteiger partial charge in [0.2, 0.25) is 0 Å². The van der Waals surface area contributed by atoms with Gasteiger partial charge in [-0.15, -0.1) is 0 Å². The summed E-state index contributed by atoms with van der Waals surface area (Å²) in [6.45, 7) is 0.248. The topological polar surface area (TPSA) is 82.9 Å². The van der Waals surface area contributed by atoms with Crippen molar-refractivity contribution < 1.29 is 9.13 Å². The first-order valence-electron chi connectivity index (χ1n) is 6.18. The van der Waals surface area contributed by atoms with Gasteiger partial charge in [0.15, 0.2) is 5.82 Å². The van der Waals surface area contributed by atoms with Crippen LogP contribution in [0.4, 0.5) is 21.7 Å². The molecule has 108 valence electrons. The normalized spacial score (nSPS) is 10.0. The van der Waals surface area contributed by atoms with Gasteiger partial charge in [-0.1, -0.05) is 6.07 Å². The van der Waals surface area contributed by atoms with Crippen molar-refractivity contribution in [1.82, 2.24) is 9.97 Å². The van der Waals surface area contributed by atoms with Gasteiger partial charge in [0.25, 0.3) is 0 Å². The third-order valence-corrected chi connectivity index (χ3v) is 2.69. The molecule has 7 heteroatoms. The minimum absolute atomic E-state index is 0.0598. The van der Waals surface area contributed by atoms with Crippen molar-refractivity contribution in [2.24, 2.45) is 0 Å². The summed E-state index contributed by atoms with van der Waals surface area (Å²) >= 11 is 0. The molecule has 0 unspecified atom stereocenters. The molecule has 1 aromatic carbocycles. The number of hydrogen-bond donors (Lipinski definition) is 2. The van der Waals surface area contributed by atoms with Crippen LogP contribution in [0.3, 0.4) is 0 Å². The second-order valence-electron chi connectivity index (χ2n) is 4.14. The fourth-order valence-corrected chi connectivity index (χ4v) is 1.76. The van der Waals surface area contributed by atoms with Crippen LogP contribution < -0.4 is 10.6 Å². The SMILES string of the molecule is CNc1cc(Nc2cccc(F)c2C#N)nc(COC)n1. The summed E-state index contributed by atoms with van der Waals surface area (Å²) in [5, 5.41) is 14.9. The van der Waals surface area contributed by atoms with Gasteiger partial charge in [0.1, 0.15) is 35.7 Å². The summed E-state index contributed by atoms with van der Waals surface area (Å²) in [7, 11) is 3.27. The van der Waals surface area contributed by atoms with E-state index >= 15 is 0 Å². The number of nitrogens with zero attached hydrogens (tertiary/aromatic N) is 3. The Bertz CT molecular complexity index is 684.